The molecule has 29 heavy (non-hydrogen) atoms. The summed E-state index contributed by atoms with van der Waals surface area (Å²) in [4.78, 5) is 38.5. The molecule has 0 aromatic carbocycles. The molecular formula is C22H40N2O5. The third kappa shape index (κ3) is 8.42. The van der Waals surface area contributed by atoms with Crippen molar-refractivity contribution < 1.29 is 23.9 Å². The number of methoxy groups -OCH3 is 2. The average molecular weight is 413 g/mol. The summed E-state index contributed by atoms with van der Waals surface area (Å²) in [5.41, 5.74) is 0. The first kappa shape index (κ1) is 25.6. The van der Waals surface area contributed by atoms with E-state index in [-0.39, 0.29) is 47.5 Å². The minimum atomic E-state index is -0.0998. The molecule has 0 radical (unpaired) electrons. The fraction of sp³-hybridized carbons (Fsp3) is 0.864. The lowest BCUT2D eigenvalue weighted by Crippen LogP contribution is -2.38. The molecule has 5 atom stereocenters. The van der Waals surface area contributed by atoms with E-state index in [1.165, 1.54) is 0 Å². The fourth-order valence-electron chi connectivity index (χ4n) is 3.78. The van der Waals surface area contributed by atoms with Crippen LogP contribution in [-0.2, 0) is 23.9 Å². The number of likely N-dealkylation sites (tertiary alicyclic amines) is 1. The Hall–Kier alpha value is -1.47. The molecule has 1 aliphatic heterocycles. The maximum Gasteiger partial charge on any atom is 0.222 e. The van der Waals surface area contributed by atoms with Gasteiger partial charge in [-0.3, -0.25) is 14.4 Å². The molecule has 0 aromatic heterocycles. The monoisotopic (exact) mass is 412 g/mol. The first-order valence-corrected chi connectivity index (χ1v) is 10.8. The van der Waals surface area contributed by atoms with E-state index in [4.69, 9.17) is 9.47 Å². The molecule has 7 nitrogen and oxygen atoms in total. The summed E-state index contributed by atoms with van der Waals surface area (Å²) in [6.45, 7) is 9.39. The maximum atomic E-state index is 12.6. The molecule has 0 spiro atoms. The molecule has 1 fully saturated rings. The first-order chi connectivity index (χ1) is 13.7. The Morgan fingerprint density at radius 3 is 2.45 bits per heavy atom. The molecule has 1 saturated heterocycles. The lowest BCUT2D eigenvalue weighted by Gasteiger charge is -2.24. The Balaban J connectivity index is 2.35. The van der Waals surface area contributed by atoms with Crippen LogP contribution in [0.15, 0.2) is 0 Å². The van der Waals surface area contributed by atoms with Crippen molar-refractivity contribution in [3.8, 4) is 0 Å². The highest BCUT2D eigenvalue weighted by molar-refractivity contribution is 5.82. The molecule has 168 valence electrons. The van der Waals surface area contributed by atoms with Crippen LogP contribution >= 0.6 is 0 Å². The van der Waals surface area contributed by atoms with Crippen molar-refractivity contribution in [2.24, 2.45) is 17.8 Å². The molecule has 1 aliphatic rings. The SMILES string of the molecule is CCC(=O)C(C)C(C)CC(=O)NCC(C)CCC(=O)N1C[C@H](OC)C[C@H]1COC. The van der Waals surface area contributed by atoms with Gasteiger partial charge in [0.25, 0.3) is 0 Å². The van der Waals surface area contributed by atoms with Crippen LogP contribution in [0.1, 0.15) is 59.8 Å². The number of hydrogen-bond acceptors (Lipinski definition) is 5. The van der Waals surface area contributed by atoms with Gasteiger partial charge in [0.15, 0.2) is 0 Å². The molecule has 0 bridgehead atoms. The maximum absolute atomic E-state index is 12.6. The average Bonchev–Trinajstić information content (AvgIpc) is 3.12. The zero-order chi connectivity index (χ0) is 22.0. The number of Topliss-reactive ketones (excluding diaryl/α,β-unsaturated/α-hetero) is 1. The minimum Gasteiger partial charge on any atom is -0.383 e. The van der Waals surface area contributed by atoms with Crippen molar-refractivity contribution >= 4 is 17.6 Å². The Morgan fingerprint density at radius 1 is 1.17 bits per heavy atom. The minimum absolute atomic E-state index is 0.0287. The van der Waals surface area contributed by atoms with E-state index in [0.717, 1.165) is 6.42 Å². The second-order valence-electron chi connectivity index (χ2n) is 8.49. The van der Waals surface area contributed by atoms with Crippen LogP contribution in [0.25, 0.3) is 0 Å². The van der Waals surface area contributed by atoms with Gasteiger partial charge in [-0.25, -0.2) is 0 Å². The number of hydrogen-bond donors (Lipinski definition) is 1. The van der Waals surface area contributed by atoms with Gasteiger partial charge in [-0.15, -0.1) is 0 Å². The molecule has 0 aliphatic carbocycles. The van der Waals surface area contributed by atoms with Gasteiger partial charge < -0.3 is 19.7 Å². The Labute approximate surface area is 175 Å². The number of ketones is 1. The van der Waals surface area contributed by atoms with Crippen molar-refractivity contribution in [3.05, 3.63) is 0 Å². The van der Waals surface area contributed by atoms with E-state index >= 15 is 0 Å². The quantitative estimate of drug-likeness (QED) is 0.502. The van der Waals surface area contributed by atoms with Gasteiger partial charge in [-0.2, -0.15) is 0 Å². The molecule has 3 unspecified atom stereocenters. The number of rotatable bonds is 13. The lowest BCUT2D eigenvalue weighted by atomic mass is 9.88. The van der Waals surface area contributed by atoms with Crippen LogP contribution < -0.4 is 5.32 Å². The second-order valence-corrected chi connectivity index (χ2v) is 8.49. The summed E-state index contributed by atoms with van der Waals surface area (Å²) >= 11 is 0. The van der Waals surface area contributed by atoms with Gasteiger partial charge in [0.05, 0.1) is 18.8 Å². The van der Waals surface area contributed by atoms with Crippen LogP contribution in [-0.4, -0.2) is 68.6 Å². The number of amides is 2. The van der Waals surface area contributed by atoms with E-state index in [0.29, 0.717) is 45.4 Å². The highest BCUT2D eigenvalue weighted by Crippen LogP contribution is 2.22. The highest BCUT2D eigenvalue weighted by atomic mass is 16.5. The molecule has 7 heteroatoms. The van der Waals surface area contributed by atoms with Gasteiger partial charge in [0.1, 0.15) is 5.78 Å². The summed E-state index contributed by atoms with van der Waals surface area (Å²) in [5.74, 6) is 0.411. The molecule has 1 rings (SSSR count). The third-order valence-corrected chi connectivity index (χ3v) is 6.10. The number of nitrogens with zero attached hydrogens (tertiary/aromatic N) is 1. The van der Waals surface area contributed by atoms with Gasteiger partial charge in [-0.1, -0.05) is 27.7 Å². The van der Waals surface area contributed by atoms with Crippen LogP contribution in [0.4, 0.5) is 0 Å². The van der Waals surface area contributed by atoms with Crippen LogP contribution in [0, 0.1) is 17.8 Å². The number of carbonyl (C=O) groups excluding carboxylic acids is 3. The van der Waals surface area contributed by atoms with Gasteiger partial charge in [0.2, 0.25) is 11.8 Å². The van der Waals surface area contributed by atoms with Crippen molar-refractivity contribution in [2.75, 3.05) is 33.9 Å². The van der Waals surface area contributed by atoms with Crippen LogP contribution in [0.5, 0.6) is 0 Å². The normalized spacial score (nSPS) is 22.2. The predicted molar refractivity (Wildman–Crippen MR) is 112 cm³/mol. The molecule has 0 saturated carbocycles. The molecule has 1 heterocycles. The van der Waals surface area contributed by atoms with Crippen LogP contribution in [0.2, 0.25) is 0 Å². The van der Waals surface area contributed by atoms with E-state index in [1.807, 2.05) is 32.6 Å². The molecule has 0 aromatic rings. The Kier molecular flexibility index (Phi) is 11.4. The Morgan fingerprint density at radius 2 is 1.86 bits per heavy atom. The summed E-state index contributed by atoms with van der Waals surface area (Å²) in [5, 5.41) is 2.95. The highest BCUT2D eigenvalue weighted by Gasteiger charge is 2.35. The summed E-state index contributed by atoms with van der Waals surface area (Å²) < 4.78 is 10.7. The predicted octanol–water partition coefficient (Wildman–Crippen LogP) is 2.42. The standard InChI is InChI=1S/C22H40N2O5/c1-7-20(25)17(4)16(3)10-21(26)23-12-15(2)8-9-22(27)24-13-19(29-6)11-18(24)14-28-5/h15-19H,7-14H2,1-6H3,(H,23,26)/t15?,16?,17?,18-,19+/m0/s1. The smallest absolute Gasteiger partial charge is 0.222 e. The van der Waals surface area contributed by atoms with Crippen LogP contribution in [0.3, 0.4) is 0 Å². The first-order valence-electron chi connectivity index (χ1n) is 10.8. The van der Waals surface area contributed by atoms with Crippen molar-refractivity contribution in [2.45, 2.75) is 71.9 Å². The molecular weight excluding hydrogens is 372 g/mol. The van der Waals surface area contributed by atoms with Gasteiger partial charge in [0, 0.05) is 52.5 Å². The van der Waals surface area contributed by atoms with Gasteiger partial charge in [-0.05, 0) is 24.7 Å². The zero-order valence-electron chi connectivity index (χ0n) is 19.0. The number of nitrogens with one attached hydrogen (secondary N) is 1. The van der Waals surface area contributed by atoms with Crippen molar-refractivity contribution in [1.82, 2.24) is 10.2 Å². The molecule has 2 amide bonds. The number of ether oxygens (including phenoxy) is 2. The topological polar surface area (TPSA) is 84.9 Å². The summed E-state index contributed by atoms with van der Waals surface area (Å²) in [6, 6.07) is 0.0711. The van der Waals surface area contributed by atoms with E-state index in [1.54, 1.807) is 14.2 Å². The van der Waals surface area contributed by atoms with Gasteiger partial charge >= 0.3 is 0 Å². The Bertz CT molecular complexity index is 539. The third-order valence-electron chi connectivity index (χ3n) is 6.10. The largest absolute Gasteiger partial charge is 0.383 e. The van der Waals surface area contributed by atoms with E-state index in [9.17, 15) is 14.4 Å². The zero-order valence-corrected chi connectivity index (χ0v) is 19.0. The second kappa shape index (κ2) is 13.0. The van der Waals surface area contributed by atoms with Crippen molar-refractivity contribution in [1.29, 1.82) is 0 Å². The van der Waals surface area contributed by atoms with E-state index < -0.39 is 0 Å². The summed E-state index contributed by atoms with van der Waals surface area (Å²) in [6.07, 6.45) is 2.90. The molecule has 1 N–H and O–H groups in total. The number of carbonyl (C=O) groups is 3. The van der Waals surface area contributed by atoms with Crippen molar-refractivity contribution in [3.63, 3.8) is 0 Å². The summed E-state index contributed by atoms with van der Waals surface area (Å²) in [7, 11) is 3.32. The fourth-order valence-corrected chi connectivity index (χ4v) is 3.78. The van der Waals surface area contributed by atoms with E-state index in [2.05, 4.69) is 5.32 Å². The lowest BCUT2D eigenvalue weighted by molar-refractivity contribution is -0.133.